The van der Waals surface area contributed by atoms with Crippen LogP contribution in [0.3, 0.4) is 0 Å². The molecule has 0 unspecified atom stereocenters. The molecule has 0 radical (unpaired) electrons. The monoisotopic (exact) mass is 866 g/mol. The van der Waals surface area contributed by atoms with Crippen molar-refractivity contribution >= 4 is 27.4 Å². The molecule has 0 saturated carbocycles. The Labute approximate surface area is 376 Å². The van der Waals surface area contributed by atoms with E-state index >= 15 is 0 Å². The Hall–Kier alpha value is -4.62. The highest BCUT2D eigenvalue weighted by molar-refractivity contribution is 7.57. The molecule has 326 valence electrons. The van der Waals surface area contributed by atoms with E-state index in [1.807, 2.05) is 0 Å². The predicted molar refractivity (Wildman–Crippen MR) is 267 cm³/mol. The maximum Gasteiger partial charge on any atom is 0.326 e. The van der Waals surface area contributed by atoms with Crippen molar-refractivity contribution in [1.29, 1.82) is 0 Å². The Morgan fingerprint density at radius 2 is 0.532 bits per heavy atom. The van der Waals surface area contributed by atoms with E-state index in [9.17, 15) is 0 Å². The molecule has 0 aliphatic carbocycles. The fourth-order valence-electron chi connectivity index (χ4n) is 8.23. The smallest absolute Gasteiger partial charge is 0.326 e. The first kappa shape index (κ1) is 46.9. The number of hydrogen-bond acceptors (Lipinski definition) is 4. The number of aryl methyl sites for hydroxylation is 12. The summed E-state index contributed by atoms with van der Waals surface area (Å²) in [7, 11) is -3.02. The highest BCUT2D eigenvalue weighted by atomic mass is 31.2. The van der Waals surface area contributed by atoms with Gasteiger partial charge in [0.25, 0.3) is 0 Å². The molecule has 6 aromatic rings. The van der Waals surface area contributed by atoms with Crippen LogP contribution < -0.4 is 28.7 Å². The van der Waals surface area contributed by atoms with Gasteiger partial charge in [0.2, 0.25) is 0 Å². The zero-order chi connectivity index (χ0) is 44.5. The summed E-state index contributed by atoms with van der Waals surface area (Å²) in [5.74, 6) is 3.73. The number of benzene rings is 6. The van der Waals surface area contributed by atoms with Crippen molar-refractivity contribution in [2.45, 2.75) is 134 Å². The van der Waals surface area contributed by atoms with E-state index in [0.717, 1.165) is 118 Å². The van der Waals surface area contributed by atoms with Gasteiger partial charge in [0.15, 0.2) is 0 Å². The Balaban J connectivity index is 1.36. The number of rotatable bonds is 19. The molecule has 0 N–H and O–H groups in total. The summed E-state index contributed by atoms with van der Waals surface area (Å²) in [5, 5.41) is 2.06. The lowest BCUT2D eigenvalue weighted by Gasteiger charge is -2.25. The largest absolute Gasteiger partial charge is 0.435 e. The Kier molecular flexibility index (Phi) is 16.4. The molecule has 0 saturated heterocycles. The van der Waals surface area contributed by atoms with E-state index in [1.165, 1.54) is 44.5 Å². The normalized spacial score (nSPS) is 11.4. The molecule has 62 heavy (non-hydrogen) atoms. The molecule has 0 heterocycles. The van der Waals surface area contributed by atoms with Gasteiger partial charge < -0.3 is 18.1 Å². The van der Waals surface area contributed by atoms with E-state index in [-0.39, 0.29) is 0 Å². The summed E-state index contributed by atoms with van der Waals surface area (Å²) in [6, 6.07) is 35.7. The first-order valence-electron chi connectivity index (χ1n) is 23.0. The minimum atomic E-state index is -1.51. The lowest BCUT2D eigenvalue weighted by atomic mass is 10.0. The highest BCUT2D eigenvalue weighted by Gasteiger charge is 2.26. The molecular weight excluding hydrogens is 799 g/mol. The topological polar surface area (TPSA) is 36.9 Å². The van der Waals surface area contributed by atoms with E-state index < -0.39 is 16.8 Å². The zero-order valence-corrected chi connectivity index (χ0v) is 41.2. The molecule has 0 spiro atoms. The van der Waals surface area contributed by atoms with Gasteiger partial charge in [-0.05, 0) is 181 Å². The van der Waals surface area contributed by atoms with Crippen LogP contribution in [-0.2, 0) is 51.4 Å². The third kappa shape index (κ3) is 10.8. The summed E-state index contributed by atoms with van der Waals surface area (Å²) >= 11 is 0. The maximum absolute atomic E-state index is 7.05. The van der Waals surface area contributed by atoms with Gasteiger partial charge in [0, 0.05) is 0 Å². The van der Waals surface area contributed by atoms with Crippen molar-refractivity contribution in [3.63, 3.8) is 0 Å². The third-order valence-electron chi connectivity index (χ3n) is 12.0. The minimum Gasteiger partial charge on any atom is -0.435 e. The molecule has 6 heteroatoms. The van der Waals surface area contributed by atoms with E-state index in [2.05, 4.69) is 180 Å². The van der Waals surface area contributed by atoms with Crippen LogP contribution in [-0.4, -0.2) is 0 Å². The molecule has 0 bridgehead atoms. The highest BCUT2D eigenvalue weighted by Crippen LogP contribution is 2.47. The van der Waals surface area contributed by atoms with Gasteiger partial charge in [-0.1, -0.05) is 128 Å². The van der Waals surface area contributed by atoms with Crippen LogP contribution in [0.1, 0.15) is 122 Å². The van der Waals surface area contributed by atoms with Gasteiger partial charge in [0.1, 0.15) is 23.0 Å². The Morgan fingerprint density at radius 1 is 0.306 bits per heavy atom. The summed E-state index contributed by atoms with van der Waals surface area (Å²) in [6.45, 7) is 26.3. The van der Waals surface area contributed by atoms with Crippen molar-refractivity contribution in [1.82, 2.24) is 0 Å². The van der Waals surface area contributed by atoms with Crippen molar-refractivity contribution in [3.8, 4) is 34.1 Å². The first-order valence-corrected chi connectivity index (χ1v) is 25.3. The zero-order valence-electron chi connectivity index (χ0n) is 39.4. The molecule has 0 aliphatic rings. The quantitative estimate of drug-likeness (QED) is 0.0760. The van der Waals surface area contributed by atoms with E-state index in [1.54, 1.807) is 0 Å². The molecule has 4 nitrogen and oxygen atoms in total. The summed E-state index contributed by atoms with van der Waals surface area (Å²) in [6.07, 6.45) is 7.52. The fourth-order valence-corrected chi connectivity index (χ4v) is 11.2. The van der Waals surface area contributed by atoms with Gasteiger partial charge in [-0.3, -0.25) is 0 Å². The van der Waals surface area contributed by atoms with Crippen molar-refractivity contribution in [2.75, 3.05) is 0 Å². The SMILES string of the molecule is CCc1cc(C)c(OP(Oc2c(C)cc(CC)cc2CC)c2ccc(-c3ccc(P(Oc4c(C)cc(CC)cc4CC)Oc4c(C)cc(CC)cc4CC)cc3)cc2)c(CC)c1. The van der Waals surface area contributed by atoms with E-state index in [0.29, 0.717) is 0 Å². The minimum absolute atomic E-state index is 0.889. The molecule has 0 fully saturated rings. The lowest BCUT2D eigenvalue weighted by molar-refractivity contribution is 0.490. The first-order chi connectivity index (χ1) is 30.0. The summed E-state index contributed by atoms with van der Waals surface area (Å²) < 4.78 is 28.2. The molecule has 0 amide bonds. The van der Waals surface area contributed by atoms with Gasteiger partial charge in [0.05, 0.1) is 10.6 Å². The second-order valence-corrected chi connectivity index (χ2v) is 19.2. The average molecular weight is 867 g/mol. The Morgan fingerprint density at radius 3 is 0.726 bits per heavy atom. The van der Waals surface area contributed by atoms with Gasteiger partial charge in [-0.25, -0.2) is 0 Å². The van der Waals surface area contributed by atoms with Gasteiger partial charge >= 0.3 is 16.8 Å². The molecular formula is C56H68O4P2. The maximum atomic E-state index is 7.05. The van der Waals surface area contributed by atoms with Crippen molar-refractivity contribution in [2.24, 2.45) is 0 Å². The van der Waals surface area contributed by atoms with Crippen molar-refractivity contribution in [3.05, 3.63) is 164 Å². The van der Waals surface area contributed by atoms with Gasteiger partial charge in [-0.2, -0.15) is 0 Å². The van der Waals surface area contributed by atoms with Crippen LogP contribution in [0.4, 0.5) is 0 Å². The van der Waals surface area contributed by atoms with Crippen LogP contribution in [0.25, 0.3) is 11.1 Å². The average Bonchev–Trinajstić information content (AvgIpc) is 3.30. The molecule has 6 rings (SSSR count). The van der Waals surface area contributed by atoms with E-state index in [4.69, 9.17) is 18.1 Å². The van der Waals surface area contributed by atoms with Crippen LogP contribution in [0, 0.1) is 27.7 Å². The van der Waals surface area contributed by atoms with Crippen LogP contribution in [0.2, 0.25) is 0 Å². The van der Waals surface area contributed by atoms with Crippen LogP contribution in [0.15, 0.2) is 97.1 Å². The van der Waals surface area contributed by atoms with Crippen molar-refractivity contribution < 1.29 is 18.1 Å². The third-order valence-corrected chi connectivity index (χ3v) is 14.8. The standard InChI is InChI=1S/C56H68O4P2/c1-13-41-29-37(9)53(45(17-5)33-41)57-61(58-54-38(10)30-42(14-2)34-46(54)18-6)51-25-21-49(22-26-51)50-23-27-52(28-24-50)62(59-55-39(11)31-43(15-3)35-47(55)19-7)60-56-40(12)32-44(16-4)36-48(56)20-8/h21-36H,13-20H2,1-12H3. The van der Waals surface area contributed by atoms with Gasteiger partial charge in [-0.15, -0.1) is 0 Å². The second-order valence-electron chi connectivity index (χ2n) is 16.4. The predicted octanol–water partition coefficient (Wildman–Crippen LogP) is 15.3. The van der Waals surface area contributed by atoms with Crippen LogP contribution in [0.5, 0.6) is 23.0 Å². The fraction of sp³-hybridized carbons (Fsp3) is 0.357. The number of hydrogen-bond donors (Lipinski definition) is 0. The molecule has 0 aliphatic heterocycles. The second kappa shape index (κ2) is 21.6. The Bertz CT molecular complexity index is 2150. The molecule has 0 aromatic heterocycles. The lowest BCUT2D eigenvalue weighted by Crippen LogP contribution is -2.13. The molecule has 6 aromatic carbocycles. The summed E-state index contributed by atoms with van der Waals surface area (Å²) in [5.41, 5.74) is 17.0. The summed E-state index contributed by atoms with van der Waals surface area (Å²) in [4.78, 5) is 0. The molecule has 0 atom stereocenters. The van der Waals surface area contributed by atoms with Crippen LogP contribution >= 0.6 is 16.8 Å².